The molecule has 1 aromatic rings. The van der Waals surface area contributed by atoms with Crippen molar-refractivity contribution in [3.05, 3.63) is 42.8 Å². The maximum Gasteiger partial charge on any atom is 0.120 e. The minimum Gasteiger partial charge on any atom is -0.491 e. The molecule has 0 bridgehead atoms. The van der Waals surface area contributed by atoms with E-state index in [0.717, 1.165) is 17.7 Å². The average molecular weight is 205 g/mol. The van der Waals surface area contributed by atoms with E-state index in [4.69, 9.17) is 9.47 Å². The Kier molecular flexibility index (Phi) is 5.56. The Bertz CT molecular complexity index is 305. The van der Waals surface area contributed by atoms with Crippen molar-refractivity contribution in [2.45, 2.75) is 6.42 Å². The Morgan fingerprint density at radius 1 is 1.33 bits per heavy atom. The number of allylic oxidation sites excluding steroid dienone is 1. The molecule has 0 aliphatic heterocycles. The van der Waals surface area contributed by atoms with Crippen LogP contribution in [-0.4, -0.2) is 20.3 Å². The summed E-state index contributed by atoms with van der Waals surface area (Å²) in [5, 5.41) is 0. The first-order valence-corrected chi connectivity index (χ1v) is 5.04. The van der Waals surface area contributed by atoms with E-state index < -0.39 is 0 Å². The lowest BCUT2D eigenvalue weighted by molar-refractivity contribution is 0.146. The van der Waals surface area contributed by atoms with E-state index in [2.05, 4.69) is 6.92 Å². The fourth-order valence-corrected chi connectivity index (χ4v) is 1.17. The molecule has 0 unspecified atom stereocenters. The number of hydrogen-bond donors (Lipinski definition) is 0. The van der Waals surface area contributed by atoms with Crippen LogP contribution in [0, 0.1) is 6.92 Å². The van der Waals surface area contributed by atoms with Crippen molar-refractivity contribution in [2.75, 3.05) is 20.3 Å². The molecule has 0 spiro atoms. The lowest BCUT2D eigenvalue weighted by Crippen LogP contribution is -2.04. The van der Waals surface area contributed by atoms with Crippen LogP contribution in [0.2, 0.25) is 0 Å². The third kappa shape index (κ3) is 4.66. The highest BCUT2D eigenvalue weighted by Crippen LogP contribution is 2.14. The van der Waals surface area contributed by atoms with Gasteiger partial charge in [-0.3, -0.25) is 0 Å². The monoisotopic (exact) mass is 205 g/mol. The summed E-state index contributed by atoms with van der Waals surface area (Å²) in [5.74, 6) is 0.873. The molecule has 1 rings (SSSR count). The van der Waals surface area contributed by atoms with E-state index in [1.165, 1.54) is 0 Å². The van der Waals surface area contributed by atoms with Gasteiger partial charge in [-0.05, 0) is 31.0 Å². The van der Waals surface area contributed by atoms with Gasteiger partial charge in [-0.15, -0.1) is 0 Å². The average Bonchev–Trinajstić information content (AvgIpc) is 2.27. The second kappa shape index (κ2) is 7.07. The van der Waals surface area contributed by atoms with Crippen LogP contribution in [0.3, 0.4) is 0 Å². The van der Waals surface area contributed by atoms with E-state index in [-0.39, 0.29) is 0 Å². The molecule has 0 saturated heterocycles. The van der Waals surface area contributed by atoms with Gasteiger partial charge in [0.1, 0.15) is 12.4 Å². The van der Waals surface area contributed by atoms with Gasteiger partial charge in [0, 0.05) is 7.11 Å². The summed E-state index contributed by atoms with van der Waals surface area (Å²) in [6.07, 6.45) is 4.86. The maximum atomic E-state index is 5.49. The third-order valence-corrected chi connectivity index (χ3v) is 1.89. The summed E-state index contributed by atoms with van der Waals surface area (Å²) >= 11 is 0. The van der Waals surface area contributed by atoms with Crippen molar-refractivity contribution < 1.29 is 9.47 Å². The summed E-state index contributed by atoms with van der Waals surface area (Å²) in [5.41, 5.74) is 1.13. The molecule has 1 aromatic carbocycles. The Balaban J connectivity index is 2.53. The van der Waals surface area contributed by atoms with Crippen LogP contribution < -0.4 is 4.74 Å². The van der Waals surface area contributed by atoms with E-state index in [9.17, 15) is 0 Å². The van der Waals surface area contributed by atoms with Crippen molar-refractivity contribution in [1.82, 2.24) is 0 Å². The van der Waals surface area contributed by atoms with Crippen molar-refractivity contribution in [2.24, 2.45) is 0 Å². The van der Waals surface area contributed by atoms with E-state index in [1.807, 2.05) is 36.4 Å². The van der Waals surface area contributed by atoms with Crippen LogP contribution in [0.4, 0.5) is 0 Å². The summed E-state index contributed by atoms with van der Waals surface area (Å²) in [6.45, 7) is 4.94. The van der Waals surface area contributed by atoms with Crippen LogP contribution in [0.15, 0.2) is 30.3 Å². The van der Waals surface area contributed by atoms with Gasteiger partial charge >= 0.3 is 0 Å². The van der Waals surface area contributed by atoms with Crippen LogP contribution in [0.1, 0.15) is 12.0 Å². The first-order valence-electron chi connectivity index (χ1n) is 5.04. The third-order valence-electron chi connectivity index (χ3n) is 1.89. The summed E-state index contributed by atoms with van der Waals surface area (Å²) in [4.78, 5) is 0. The first-order chi connectivity index (χ1) is 7.36. The molecular formula is C13H17O2. The molecule has 0 amide bonds. The van der Waals surface area contributed by atoms with Gasteiger partial charge in [-0.1, -0.05) is 24.3 Å². The highest BCUT2D eigenvalue weighted by molar-refractivity contribution is 5.51. The molecule has 0 heterocycles. The second-order valence-corrected chi connectivity index (χ2v) is 3.10. The van der Waals surface area contributed by atoms with E-state index in [1.54, 1.807) is 7.11 Å². The molecule has 0 N–H and O–H groups in total. The van der Waals surface area contributed by atoms with Crippen molar-refractivity contribution in [3.63, 3.8) is 0 Å². The fourth-order valence-electron chi connectivity index (χ4n) is 1.17. The first kappa shape index (κ1) is 11.8. The topological polar surface area (TPSA) is 18.5 Å². The van der Waals surface area contributed by atoms with Gasteiger partial charge in [-0.2, -0.15) is 0 Å². The lowest BCUT2D eigenvalue weighted by Gasteiger charge is -2.05. The van der Waals surface area contributed by atoms with Crippen molar-refractivity contribution in [3.8, 4) is 5.75 Å². The van der Waals surface area contributed by atoms with Gasteiger partial charge in [0.05, 0.1) is 6.61 Å². The molecule has 0 aliphatic carbocycles. The van der Waals surface area contributed by atoms with Gasteiger partial charge in [0.2, 0.25) is 0 Å². The summed E-state index contributed by atoms with van der Waals surface area (Å²) in [6, 6.07) is 7.96. The predicted octanol–water partition coefficient (Wildman–Crippen LogP) is 2.95. The minimum absolute atomic E-state index is 0.582. The number of methoxy groups -OCH3 is 1. The van der Waals surface area contributed by atoms with Gasteiger partial charge < -0.3 is 9.47 Å². The highest BCUT2D eigenvalue weighted by atomic mass is 16.5. The molecule has 2 heteroatoms. The number of rotatable bonds is 6. The number of ether oxygens (including phenoxy) is 2. The van der Waals surface area contributed by atoms with Crippen molar-refractivity contribution in [1.29, 1.82) is 0 Å². The minimum atomic E-state index is 0.582. The molecule has 0 aromatic heterocycles. The van der Waals surface area contributed by atoms with Gasteiger partial charge in [0.25, 0.3) is 0 Å². The smallest absolute Gasteiger partial charge is 0.120 e. The van der Waals surface area contributed by atoms with E-state index in [0.29, 0.717) is 13.2 Å². The maximum absolute atomic E-state index is 5.49. The molecule has 0 atom stereocenters. The molecule has 81 valence electrons. The Morgan fingerprint density at radius 3 is 2.93 bits per heavy atom. The number of hydrogen-bond acceptors (Lipinski definition) is 2. The normalized spacial score (nSPS) is 10.8. The zero-order valence-corrected chi connectivity index (χ0v) is 9.11. The zero-order valence-electron chi connectivity index (χ0n) is 9.11. The lowest BCUT2D eigenvalue weighted by atomic mass is 10.2. The molecule has 15 heavy (non-hydrogen) atoms. The second-order valence-electron chi connectivity index (χ2n) is 3.10. The Morgan fingerprint density at radius 2 is 2.20 bits per heavy atom. The summed E-state index contributed by atoms with van der Waals surface area (Å²) < 4.78 is 10.4. The van der Waals surface area contributed by atoms with Gasteiger partial charge in [-0.25, -0.2) is 0 Å². The molecule has 0 aliphatic rings. The van der Waals surface area contributed by atoms with Crippen LogP contribution >= 0.6 is 0 Å². The van der Waals surface area contributed by atoms with Crippen LogP contribution in [-0.2, 0) is 4.74 Å². The zero-order chi connectivity index (χ0) is 10.9. The predicted molar refractivity (Wildman–Crippen MR) is 62.8 cm³/mol. The molecule has 0 saturated carbocycles. The molecule has 2 nitrogen and oxygen atoms in total. The van der Waals surface area contributed by atoms with Gasteiger partial charge in [0.15, 0.2) is 0 Å². The largest absolute Gasteiger partial charge is 0.491 e. The van der Waals surface area contributed by atoms with Crippen LogP contribution in [0.25, 0.3) is 6.08 Å². The van der Waals surface area contributed by atoms with Crippen LogP contribution in [0.5, 0.6) is 5.75 Å². The standard InChI is InChI=1S/C13H17O2/c1-3-4-6-12-7-5-8-13(11-12)15-10-9-14-2/h4-8,11H,1,3,9-10H2,2H3. The number of benzene rings is 1. The fraction of sp³-hybridized carbons (Fsp3) is 0.308. The van der Waals surface area contributed by atoms with E-state index >= 15 is 0 Å². The molecule has 1 radical (unpaired) electrons. The highest BCUT2D eigenvalue weighted by Gasteiger charge is 1.93. The molecule has 0 fully saturated rings. The Labute approximate surface area is 91.5 Å². The Hall–Kier alpha value is -1.28. The van der Waals surface area contributed by atoms with Crippen molar-refractivity contribution >= 4 is 6.08 Å². The molecular weight excluding hydrogens is 188 g/mol. The quantitative estimate of drug-likeness (QED) is 0.665. The SMILES string of the molecule is [CH2]CC=Cc1cccc(OCCOC)c1. The summed E-state index contributed by atoms with van der Waals surface area (Å²) in [7, 11) is 1.66.